The second kappa shape index (κ2) is 8.75. The fraction of sp³-hybridized carbons (Fsp3) is 0.211. The maximum atomic E-state index is 12.9. The van der Waals surface area contributed by atoms with Crippen molar-refractivity contribution in [3.8, 4) is 0 Å². The molecule has 0 aliphatic carbocycles. The zero-order valence-corrected chi connectivity index (χ0v) is 14.5. The van der Waals surface area contributed by atoms with E-state index in [9.17, 15) is 18.8 Å². The van der Waals surface area contributed by atoms with Crippen LogP contribution in [-0.2, 0) is 14.3 Å². The summed E-state index contributed by atoms with van der Waals surface area (Å²) in [5.74, 6) is -1.48. The number of carbonyl (C=O) groups excluding carboxylic acids is 3. The highest BCUT2D eigenvalue weighted by atomic mass is 19.1. The van der Waals surface area contributed by atoms with Gasteiger partial charge in [0.05, 0.1) is 12.7 Å². The number of benzene rings is 2. The van der Waals surface area contributed by atoms with E-state index in [1.165, 1.54) is 49.3 Å². The van der Waals surface area contributed by atoms with E-state index in [4.69, 9.17) is 0 Å². The van der Waals surface area contributed by atoms with Crippen LogP contribution in [0, 0.1) is 5.82 Å². The number of hydrogen-bond donors (Lipinski definition) is 1. The molecule has 0 spiro atoms. The van der Waals surface area contributed by atoms with Crippen LogP contribution in [0.4, 0.5) is 15.8 Å². The molecule has 0 fully saturated rings. The average molecular weight is 358 g/mol. The Kier molecular flexibility index (Phi) is 6.43. The van der Waals surface area contributed by atoms with Crippen LogP contribution < -0.4 is 10.2 Å². The minimum Gasteiger partial charge on any atom is -0.465 e. The van der Waals surface area contributed by atoms with Crippen molar-refractivity contribution < 1.29 is 23.5 Å². The van der Waals surface area contributed by atoms with Crippen LogP contribution in [0.25, 0.3) is 0 Å². The normalized spacial score (nSPS) is 10.1. The number of rotatable bonds is 6. The highest BCUT2D eigenvalue weighted by Crippen LogP contribution is 2.18. The lowest BCUT2D eigenvalue weighted by Crippen LogP contribution is -2.32. The van der Waals surface area contributed by atoms with Crippen molar-refractivity contribution >= 4 is 29.2 Å². The van der Waals surface area contributed by atoms with Crippen LogP contribution in [0.1, 0.15) is 23.7 Å². The van der Waals surface area contributed by atoms with Gasteiger partial charge in [-0.2, -0.15) is 0 Å². The largest absolute Gasteiger partial charge is 0.465 e. The molecule has 0 aliphatic heterocycles. The molecule has 2 aromatic carbocycles. The van der Waals surface area contributed by atoms with Crippen LogP contribution in [0.2, 0.25) is 0 Å². The van der Waals surface area contributed by atoms with Crippen molar-refractivity contribution in [3.63, 3.8) is 0 Å². The lowest BCUT2D eigenvalue weighted by atomic mass is 10.1. The quantitative estimate of drug-likeness (QED) is 0.806. The lowest BCUT2D eigenvalue weighted by Gasteiger charge is -2.21. The van der Waals surface area contributed by atoms with Gasteiger partial charge in [-0.05, 0) is 42.5 Å². The zero-order valence-electron chi connectivity index (χ0n) is 14.5. The molecule has 6 nitrogen and oxygen atoms in total. The summed E-state index contributed by atoms with van der Waals surface area (Å²) in [6, 6.07) is 11.8. The number of ether oxygens (including phenoxy) is 1. The van der Waals surface area contributed by atoms with Gasteiger partial charge in [0.2, 0.25) is 11.8 Å². The first kappa shape index (κ1) is 19.1. The zero-order chi connectivity index (χ0) is 19.1. The van der Waals surface area contributed by atoms with Crippen LogP contribution in [0.15, 0.2) is 48.5 Å². The molecule has 0 aromatic heterocycles. The third kappa shape index (κ3) is 5.14. The Morgan fingerprint density at radius 2 is 1.81 bits per heavy atom. The fourth-order valence-corrected chi connectivity index (χ4v) is 2.36. The Labute approximate surface area is 150 Å². The summed E-state index contributed by atoms with van der Waals surface area (Å²) in [5.41, 5.74) is 1.28. The monoisotopic (exact) mass is 358 g/mol. The summed E-state index contributed by atoms with van der Waals surface area (Å²) in [4.78, 5) is 37.0. The molecule has 0 atom stereocenters. The molecule has 0 bridgehead atoms. The number of esters is 1. The summed E-state index contributed by atoms with van der Waals surface area (Å²) < 4.78 is 17.6. The summed E-state index contributed by atoms with van der Waals surface area (Å²) >= 11 is 0. The molecule has 0 aliphatic rings. The third-order valence-electron chi connectivity index (χ3n) is 3.65. The highest BCUT2D eigenvalue weighted by molar-refractivity contribution is 5.96. The number of methoxy groups -OCH3 is 1. The number of nitrogens with one attached hydrogen (secondary N) is 1. The Hall–Kier alpha value is -3.22. The molecule has 0 heterocycles. The molecular formula is C19H19FN2O4. The topological polar surface area (TPSA) is 75.7 Å². The van der Waals surface area contributed by atoms with Crippen LogP contribution in [0.5, 0.6) is 0 Å². The average Bonchev–Trinajstić information content (AvgIpc) is 2.63. The predicted octanol–water partition coefficient (Wildman–Crippen LogP) is 2.99. The third-order valence-corrected chi connectivity index (χ3v) is 3.65. The van der Waals surface area contributed by atoms with Gasteiger partial charge in [0.25, 0.3) is 0 Å². The van der Waals surface area contributed by atoms with Crippen LogP contribution in [-0.4, -0.2) is 31.4 Å². The second-order valence-electron chi connectivity index (χ2n) is 5.52. The number of amides is 2. The maximum Gasteiger partial charge on any atom is 0.337 e. The van der Waals surface area contributed by atoms with E-state index in [2.05, 4.69) is 10.1 Å². The first-order valence-corrected chi connectivity index (χ1v) is 7.92. The molecule has 7 heteroatoms. The number of hydrogen-bond acceptors (Lipinski definition) is 4. The standard InChI is InChI=1S/C19H19FN2O4/c1-13(23)22(17-5-3-4-14(12-17)19(25)26-2)11-10-18(24)21-16-8-6-15(20)7-9-16/h3-9,12H,10-11H2,1-2H3,(H,21,24). The van der Waals surface area contributed by atoms with Crippen LogP contribution in [0.3, 0.4) is 0 Å². The smallest absolute Gasteiger partial charge is 0.337 e. The van der Waals surface area contributed by atoms with E-state index in [1.54, 1.807) is 18.2 Å². The molecule has 0 saturated heterocycles. The number of halogens is 1. The molecule has 2 aromatic rings. The van der Waals surface area contributed by atoms with E-state index in [-0.39, 0.29) is 24.8 Å². The lowest BCUT2D eigenvalue weighted by molar-refractivity contribution is -0.117. The molecule has 136 valence electrons. The van der Waals surface area contributed by atoms with Crippen molar-refractivity contribution in [2.45, 2.75) is 13.3 Å². The molecule has 0 unspecified atom stereocenters. The Morgan fingerprint density at radius 3 is 2.42 bits per heavy atom. The summed E-state index contributed by atoms with van der Waals surface area (Å²) in [5, 5.41) is 2.64. The number of carbonyl (C=O) groups is 3. The van der Waals surface area contributed by atoms with E-state index in [1.807, 2.05) is 0 Å². The SMILES string of the molecule is COC(=O)c1cccc(N(CCC(=O)Nc2ccc(F)cc2)C(C)=O)c1. The van der Waals surface area contributed by atoms with E-state index in [0.717, 1.165) is 0 Å². The molecule has 0 saturated carbocycles. The van der Waals surface area contributed by atoms with Gasteiger partial charge >= 0.3 is 5.97 Å². The first-order valence-electron chi connectivity index (χ1n) is 7.92. The van der Waals surface area contributed by atoms with Gasteiger partial charge in [0.15, 0.2) is 0 Å². The van der Waals surface area contributed by atoms with Crippen LogP contribution >= 0.6 is 0 Å². The van der Waals surface area contributed by atoms with Gasteiger partial charge in [0, 0.05) is 31.3 Å². The van der Waals surface area contributed by atoms with Gasteiger partial charge in [-0.1, -0.05) is 6.07 Å². The van der Waals surface area contributed by atoms with Crippen molar-refractivity contribution in [1.82, 2.24) is 0 Å². The summed E-state index contributed by atoms with van der Waals surface area (Å²) in [6.45, 7) is 1.51. The summed E-state index contributed by atoms with van der Waals surface area (Å²) in [6.07, 6.45) is 0.0411. The van der Waals surface area contributed by atoms with Crippen molar-refractivity contribution in [2.75, 3.05) is 23.9 Å². The molecule has 1 N–H and O–H groups in total. The molecule has 26 heavy (non-hydrogen) atoms. The van der Waals surface area contributed by atoms with Gasteiger partial charge < -0.3 is 15.0 Å². The molecule has 2 rings (SSSR count). The number of nitrogens with zero attached hydrogens (tertiary/aromatic N) is 1. The van der Waals surface area contributed by atoms with Crippen molar-refractivity contribution in [2.24, 2.45) is 0 Å². The fourth-order valence-electron chi connectivity index (χ4n) is 2.36. The van der Waals surface area contributed by atoms with Crippen molar-refractivity contribution in [1.29, 1.82) is 0 Å². The molecule has 0 radical (unpaired) electrons. The minimum absolute atomic E-state index is 0.0411. The van der Waals surface area contributed by atoms with Gasteiger partial charge in [0.1, 0.15) is 5.82 Å². The molecule has 2 amide bonds. The van der Waals surface area contributed by atoms with Gasteiger partial charge in [-0.3, -0.25) is 9.59 Å². The van der Waals surface area contributed by atoms with Gasteiger partial charge in [-0.25, -0.2) is 9.18 Å². The van der Waals surface area contributed by atoms with Crippen molar-refractivity contribution in [3.05, 3.63) is 59.9 Å². The van der Waals surface area contributed by atoms with Gasteiger partial charge in [-0.15, -0.1) is 0 Å². The second-order valence-corrected chi connectivity index (χ2v) is 5.52. The Bertz CT molecular complexity index is 805. The highest BCUT2D eigenvalue weighted by Gasteiger charge is 2.15. The maximum absolute atomic E-state index is 12.9. The Morgan fingerprint density at radius 1 is 1.12 bits per heavy atom. The van der Waals surface area contributed by atoms with E-state index < -0.39 is 11.8 Å². The summed E-state index contributed by atoms with van der Waals surface area (Å²) in [7, 11) is 1.28. The minimum atomic E-state index is -0.510. The molecular weight excluding hydrogens is 339 g/mol. The van der Waals surface area contributed by atoms with E-state index in [0.29, 0.717) is 16.9 Å². The first-order chi connectivity index (χ1) is 12.4. The van der Waals surface area contributed by atoms with E-state index >= 15 is 0 Å². The number of anilines is 2. The predicted molar refractivity (Wildman–Crippen MR) is 95.5 cm³/mol. The Balaban J connectivity index is 2.04.